The van der Waals surface area contributed by atoms with Crippen LogP contribution < -0.4 is 15.4 Å². The van der Waals surface area contributed by atoms with Crippen molar-refractivity contribution in [1.29, 1.82) is 0 Å². The van der Waals surface area contributed by atoms with Gasteiger partial charge in [0.05, 0.1) is 4.90 Å². The minimum Gasteiger partial charge on any atom is -0.332 e. The Bertz CT molecular complexity index is 1090. The van der Waals surface area contributed by atoms with E-state index in [0.29, 0.717) is 11.4 Å². The second-order valence-corrected chi connectivity index (χ2v) is 7.83. The minimum absolute atomic E-state index is 0.0134. The van der Waals surface area contributed by atoms with Crippen LogP contribution in [-0.4, -0.2) is 23.5 Å². The third kappa shape index (κ3) is 4.99. The minimum atomic E-state index is -3.81. The number of benzene rings is 2. The lowest BCUT2D eigenvalue weighted by Gasteiger charge is -2.13. The first-order valence-corrected chi connectivity index (χ1v) is 9.97. The molecule has 3 rings (SSSR count). The summed E-state index contributed by atoms with van der Waals surface area (Å²) in [5, 5.41) is 6.08. The lowest BCUT2D eigenvalue weighted by Crippen LogP contribution is -2.20. The maximum Gasteiger partial charge on any atom is 0.264 e. The molecule has 7 nitrogen and oxygen atoms in total. The summed E-state index contributed by atoms with van der Waals surface area (Å²) in [7, 11) is -3.81. The molecule has 0 saturated carbocycles. The average Bonchev–Trinajstić information content (AvgIpc) is 2.65. The zero-order valence-corrected chi connectivity index (χ0v) is 16.3. The lowest BCUT2D eigenvalue weighted by atomic mass is 10.2. The van der Waals surface area contributed by atoms with Crippen LogP contribution >= 0.6 is 12.2 Å². The SMILES string of the molecule is Cc1ccc(F)cc1NC(=S)Nc1ccc(S(=O)(=O)Nc2ncccn2)cc1. The molecule has 0 atom stereocenters. The van der Waals surface area contributed by atoms with Gasteiger partial charge in [-0.25, -0.2) is 27.5 Å². The molecule has 1 heterocycles. The van der Waals surface area contributed by atoms with E-state index in [9.17, 15) is 12.8 Å². The van der Waals surface area contributed by atoms with Crippen LogP contribution in [0.4, 0.5) is 21.7 Å². The summed E-state index contributed by atoms with van der Waals surface area (Å²) in [5.74, 6) is -0.388. The Hall–Kier alpha value is -3.11. The molecule has 0 unspecified atom stereocenters. The third-order valence-corrected chi connectivity index (χ3v) is 5.21. The van der Waals surface area contributed by atoms with Crippen LogP contribution in [0.15, 0.2) is 65.8 Å². The van der Waals surface area contributed by atoms with E-state index in [1.54, 1.807) is 24.3 Å². The molecule has 0 radical (unpaired) electrons. The summed E-state index contributed by atoms with van der Waals surface area (Å²) in [6.07, 6.45) is 2.87. The van der Waals surface area contributed by atoms with Gasteiger partial charge in [-0.15, -0.1) is 0 Å². The highest BCUT2D eigenvalue weighted by atomic mass is 32.2. The molecule has 10 heteroatoms. The van der Waals surface area contributed by atoms with Gasteiger partial charge in [0.15, 0.2) is 5.11 Å². The van der Waals surface area contributed by atoms with E-state index in [1.165, 1.54) is 36.7 Å². The number of hydrogen-bond acceptors (Lipinski definition) is 5. The van der Waals surface area contributed by atoms with Gasteiger partial charge in [0.25, 0.3) is 10.0 Å². The first kappa shape index (κ1) is 19.6. The molecular weight excluding hydrogens is 401 g/mol. The number of rotatable bonds is 5. The Balaban J connectivity index is 1.67. The van der Waals surface area contributed by atoms with Crippen LogP contribution in [0.5, 0.6) is 0 Å². The number of aromatic nitrogens is 2. The van der Waals surface area contributed by atoms with Crippen molar-refractivity contribution >= 4 is 44.7 Å². The third-order valence-electron chi connectivity index (χ3n) is 3.66. The van der Waals surface area contributed by atoms with Crippen molar-refractivity contribution in [3.8, 4) is 0 Å². The molecule has 2 aromatic carbocycles. The number of anilines is 3. The first-order valence-electron chi connectivity index (χ1n) is 8.07. The van der Waals surface area contributed by atoms with Crippen LogP contribution in [0.1, 0.15) is 5.56 Å². The second kappa shape index (κ2) is 8.28. The fourth-order valence-electron chi connectivity index (χ4n) is 2.26. The number of nitrogens with zero attached hydrogens (tertiary/aromatic N) is 2. The zero-order chi connectivity index (χ0) is 20.1. The van der Waals surface area contributed by atoms with Gasteiger partial charge < -0.3 is 10.6 Å². The predicted octanol–water partition coefficient (Wildman–Crippen LogP) is 3.53. The number of halogens is 1. The fraction of sp³-hybridized carbons (Fsp3) is 0.0556. The summed E-state index contributed by atoms with van der Waals surface area (Å²) < 4.78 is 40.4. The number of hydrogen-bond donors (Lipinski definition) is 3. The molecule has 28 heavy (non-hydrogen) atoms. The Morgan fingerprint density at radius 3 is 2.39 bits per heavy atom. The van der Waals surface area contributed by atoms with E-state index in [4.69, 9.17) is 12.2 Å². The maximum atomic E-state index is 13.4. The van der Waals surface area contributed by atoms with Crippen LogP contribution in [0.2, 0.25) is 0 Å². The highest BCUT2D eigenvalue weighted by Crippen LogP contribution is 2.18. The zero-order valence-electron chi connectivity index (χ0n) is 14.7. The highest BCUT2D eigenvalue weighted by Gasteiger charge is 2.15. The molecule has 0 saturated heterocycles. The van der Waals surface area contributed by atoms with Crippen molar-refractivity contribution in [2.24, 2.45) is 0 Å². The fourth-order valence-corrected chi connectivity index (χ4v) is 3.45. The van der Waals surface area contributed by atoms with Gasteiger partial charge in [0, 0.05) is 23.8 Å². The Morgan fingerprint density at radius 1 is 1.04 bits per heavy atom. The van der Waals surface area contributed by atoms with Crippen LogP contribution in [0, 0.1) is 12.7 Å². The summed E-state index contributed by atoms with van der Waals surface area (Å²) in [4.78, 5) is 7.71. The average molecular weight is 417 g/mol. The highest BCUT2D eigenvalue weighted by molar-refractivity contribution is 7.92. The largest absolute Gasteiger partial charge is 0.332 e. The smallest absolute Gasteiger partial charge is 0.264 e. The van der Waals surface area contributed by atoms with Gasteiger partial charge in [-0.2, -0.15) is 0 Å². The molecule has 0 bridgehead atoms. The van der Waals surface area contributed by atoms with Gasteiger partial charge >= 0.3 is 0 Å². The Kier molecular flexibility index (Phi) is 5.81. The van der Waals surface area contributed by atoms with E-state index >= 15 is 0 Å². The molecule has 0 aliphatic carbocycles. The van der Waals surface area contributed by atoms with E-state index < -0.39 is 10.0 Å². The predicted molar refractivity (Wildman–Crippen MR) is 110 cm³/mol. The molecule has 3 aromatic rings. The number of aryl methyl sites for hydroxylation is 1. The van der Waals surface area contributed by atoms with Crippen LogP contribution in [0.25, 0.3) is 0 Å². The monoisotopic (exact) mass is 417 g/mol. The molecule has 1 aromatic heterocycles. The lowest BCUT2D eigenvalue weighted by molar-refractivity contribution is 0.601. The van der Waals surface area contributed by atoms with Gasteiger partial charge in [-0.3, -0.25) is 0 Å². The van der Waals surface area contributed by atoms with Crippen molar-refractivity contribution in [3.63, 3.8) is 0 Å². The number of sulfonamides is 1. The van der Waals surface area contributed by atoms with Gasteiger partial charge in [-0.05, 0) is 67.2 Å². The molecule has 0 aliphatic heterocycles. The molecule has 0 amide bonds. The Morgan fingerprint density at radius 2 is 1.71 bits per heavy atom. The van der Waals surface area contributed by atoms with Crippen molar-refractivity contribution in [2.45, 2.75) is 11.8 Å². The molecule has 0 aliphatic rings. The van der Waals surface area contributed by atoms with Crippen LogP contribution in [0.3, 0.4) is 0 Å². The van der Waals surface area contributed by atoms with Gasteiger partial charge in [-0.1, -0.05) is 6.07 Å². The van der Waals surface area contributed by atoms with E-state index in [2.05, 4.69) is 25.3 Å². The van der Waals surface area contributed by atoms with Crippen LogP contribution in [-0.2, 0) is 10.0 Å². The Labute approximate surface area is 167 Å². The van der Waals surface area contributed by atoms with Gasteiger partial charge in [0.2, 0.25) is 5.95 Å². The molecule has 3 N–H and O–H groups in total. The van der Waals surface area contributed by atoms with Crippen molar-refractivity contribution in [2.75, 3.05) is 15.4 Å². The van der Waals surface area contributed by atoms with E-state index in [0.717, 1.165) is 5.56 Å². The molecule has 0 spiro atoms. The van der Waals surface area contributed by atoms with Crippen molar-refractivity contribution in [1.82, 2.24) is 9.97 Å². The summed E-state index contributed by atoms with van der Waals surface area (Å²) in [6, 6.07) is 11.9. The summed E-state index contributed by atoms with van der Waals surface area (Å²) in [6.45, 7) is 1.83. The topological polar surface area (TPSA) is 96.0 Å². The van der Waals surface area contributed by atoms with Gasteiger partial charge in [0.1, 0.15) is 5.82 Å². The van der Waals surface area contributed by atoms with Crippen molar-refractivity contribution in [3.05, 3.63) is 72.3 Å². The quantitative estimate of drug-likeness (QED) is 0.547. The molecule has 144 valence electrons. The second-order valence-electron chi connectivity index (χ2n) is 5.74. The van der Waals surface area contributed by atoms with E-state index in [1.807, 2.05) is 6.92 Å². The first-order chi connectivity index (χ1) is 13.3. The number of thiocarbonyl (C=S) groups is 1. The summed E-state index contributed by atoms with van der Waals surface area (Å²) in [5.41, 5.74) is 1.95. The standard InChI is InChI=1S/C18H16FN5O2S2/c1-12-3-4-13(19)11-16(12)23-18(27)22-14-5-7-15(8-6-14)28(25,26)24-17-20-9-2-10-21-17/h2-11H,1H3,(H,20,21,24)(H2,22,23,27). The number of nitrogens with one attached hydrogen (secondary N) is 3. The molecular formula is C18H16FN5O2S2. The summed E-state index contributed by atoms with van der Waals surface area (Å²) >= 11 is 5.22. The maximum absolute atomic E-state index is 13.4. The normalized spacial score (nSPS) is 10.9. The van der Waals surface area contributed by atoms with Crippen molar-refractivity contribution < 1.29 is 12.8 Å². The van der Waals surface area contributed by atoms with E-state index in [-0.39, 0.29) is 21.8 Å². The molecule has 0 fully saturated rings.